The third kappa shape index (κ3) is 4.88. The molecule has 2 amide bonds. The third-order valence-electron chi connectivity index (χ3n) is 6.77. The highest BCUT2D eigenvalue weighted by Gasteiger charge is 2.42. The van der Waals surface area contributed by atoms with Crippen LogP contribution in [0.2, 0.25) is 5.02 Å². The number of hydrogen-bond donors (Lipinski definition) is 1. The molecule has 172 valence electrons. The quantitative estimate of drug-likeness (QED) is 0.739. The van der Waals surface area contributed by atoms with Crippen molar-refractivity contribution < 1.29 is 14.7 Å². The summed E-state index contributed by atoms with van der Waals surface area (Å²) in [5.41, 5.74) is 2.32. The Kier molecular flexibility index (Phi) is 6.70. The van der Waals surface area contributed by atoms with Crippen LogP contribution >= 0.6 is 11.6 Å². The molecule has 0 radical (unpaired) electrons. The lowest BCUT2D eigenvalue weighted by atomic mass is 9.93. The van der Waals surface area contributed by atoms with Crippen molar-refractivity contribution in [1.82, 2.24) is 14.8 Å². The molecule has 9 heteroatoms. The van der Waals surface area contributed by atoms with Gasteiger partial charge in [0.25, 0.3) is 0 Å². The van der Waals surface area contributed by atoms with Crippen molar-refractivity contribution in [3.8, 4) is 6.07 Å². The highest BCUT2D eigenvalue weighted by molar-refractivity contribution is 6.30. The van der Waals surface area contributed by atoms with Gasteiger partial charge >= 0.3 is 6.09 Å². The van der Waals surface area contributed by atoms with Crippen LogP contribution in [-0.4, -0.2) is 71.2 Å². The number of amides is 2. The number of anilines is 1. The molecule has 0 unspecified atom stereocenters. The van der Waals surface area contributed by atoms with Crippen molar-refractivity contribution in [1.29, 1.82) is 5.26 Å². The lowest BCUT2D eigenvalue weighted by Gasteiger charge is -2.34. The number of halogens is 1. The Morgan fingerprint density at radius 2 is 1.85 bits per heavy atom. The molecule has 2 aliphatic rings. The molecule has 0 bridgehead atoms. The second-order valence-electron chi connectivity index (χ2n) is 8.64. The smallest absolute Gasteiger partial charge is 0.407 e. The first-order valence-electron chi connectivity index (χ1n) is 11.0. The van der Waals surface area contributed by atoms with Gasteiger partial charge in [-0.25, -0.2) is 9.78 Å². The number of hydrogen-bond acceptors (Lipinski definition) is 5. The van der Waals surface area contributed by atoms with Gasteiger partial charge in [-0.2, -0.15) is 5.26 Å². The average Bonchev–Trinajstić information content (AvgIpc) is 3.29. The first-order chi connectivity index (χ1) is 15.9. The minimum absolute atomic E-state index is 0.0904. The summed E-state index contributed by atoms with van der Waals surface area (Å²) in [7, 11) is 1.56. The summed E-state index contributed by atoms with van der Waals surface area (Å²) < 4.78 is 0. The number of aromatic nitrogens is 1. The normalized spacial score (nSPS) is 21.0. The van der Waals surface area contributed by atoms with Gasteiger partial charge in [-0.15, -0.1) is 0 Å². The van der Waals surface area contributed by atoms with Crippen LogP contribution in [0.1, 0.15) is 30.0 Å². The second kappa shape index (κ2) is 9.67. The van der Waals surface area contributed by atoms with Gasteiger partial charge in [-0.05, 0) is 42.7 Å². The predicted octanol–water partition coefficient (Wildman–Crippen LogP) is 3.43. The van der Waals surface area contributed by atoms with E-state index in [1.807, 2.05) is 29.2 Å². The highest BCUT2D eigenvalue weighted by atomic mass is 35.5. The molecule has 2 aliphatic heterocycles. The van der Waals surface area contributed by atoms with Crippen molar-refractivity contribution in [2.24, 2.45) is 5.92 Å². The number of nitrogens with zero attached hydrogens (tertiary/aromatic N) is 5. The van der Waals surface area contributed by atoms with E-state index in [0.29, 0.717) is 23.8 Å². The van der Waals surface area contributed by atoms with Crippen LogP contribution in [0.5, 0.6) is 0 Å². The summed E-state index contributed by atoms with van der Waals surface area (Å²) in [5, 5.41) is 19.1. The van der Waals surface area contributed by atoms with Gasteiger partial charge < -0.3 is 19.8 Å². The largest absolute Gasteiger partial charge is 0.465 e. The van der Waals surface area contributed by atoms with E-state index in [4.69, 9.17) is 16.9 Å². The second-order valence-corrected chi connectivity index (χ2v) is 9.07. The molecule has 4 rings (SSSR count). The molecule has 2 aromatic rings. The van der Waals surface area contributed by atoms with Gasteiger partial charge in [-0.1, -0.05) is 23.7 Å². The van der Waals surface area contributed by atoms with Crippen LogP contribution in [0.25, 0.3) is 0 Å². The summed E-state index contributed by atoms with van der Waals surface area (Å²) in [6.45, 7) is 2.34. The van der Waals surface area contributed by atoms with Gasteiger partial charge in [-0.3, -0.25) is 4.79 Å². The summed E-state index contributed by atoms with van der Waals surface area (Å²) in [6.07, 6.45) is 2.14. The number of benzene rings is 1. The maximum Gasteiger partial charge on any atom is 0.407 e. The van der Waals surface area contributed by atoms with E-state index < -0.39 is 6.09 Å². The van der Waals surface area contributed by atoms with Crippen LogP contribution in [0.3, 0.4) is 0 Å². The Morgan fingerprint density at radius 1 is 1.15 bits per heavy atom. The van der Waals surface area contributed by atoms with Gasteiger partial charge in [0.2, 0.25) is 5.91 Å². The Balaban J connectivity index is 1.43. The number of carbonyl (C=O) groups excluding carboxylic acids is 1. The average molecular weight is 468 g/mol. The molecule has 2 fully saturated rings. The molecule has 0 spiro atoms. The lowest BCUT2D eigenvalue weighted by Crippen LogP contribution is -2.44. The summed E-state index contributed by atoms with van der Waals surface area (Å²) >= 11 is 6.03. The fourth-order valence-electron chi connectivity index (χ4n) is 4.82. The number of pyridine rings is 1. The monoisotopic (exact) mass is 467 g/mol. The maximum atomic E-state index is 13.4. The lowest BCUT2D eigenvalue weighted by molar-refractivity contribution is -0.135. The van der Waals surface area contributed by atoms with Gasteiger partial charge in [0.1, 0.15) is 11.8 Å². The number of likely N-dealkylation sites (tertiary alicyclic amines) is 1. The van der Waals surface area contributed by atoms with E-state index in [9.17, 15) is 14.7 Å². The van der Waals surface area contributed by atoms with E-state index in [1.54, 1.807) is 31.4 Å². The van der Waals surface area contributed by atoms with Gasteiger partial charge in [0, 0.05) is 50.1 Å². The minimum Gasteiger partial charge on any atom is -0.465 e. The Bertz CT molecular complexity index is 1050. The van der Waals surface area contributed by atoms with E-state index in [1.165, 1.54) is 4.90 Å². The number of piperidine rings is 1. The molecule has 8 nitrogen and oxygen atoms in total. The van der Waals surface area contributed by atoms with Crippen LogP contribution < -0.4 is 4.90 Å². The van der Waals surface area contributed by atoms with Gasteiger partial charge in [0.05, 0.1) is 17.9 Å². The fourth-order valence-corrected chi connectivity index (χ4v) is 4.95. The fraction of sp³-hybridized carbons (Fsp3) is 0.417. The van der Waals surface area contributed by atoms with Crippen molar-refractivity contribution in [2.75, 3.05) is 38.1 Å². The van der Waals surface area contributed by atoms with E-state index in [2.05, 4.69) is 9.88 Å². The summed E-state index contributed by atoms with van der Waals surface area (Å²) in [6, 6.07) is 12.7. The van der Waals surface area contributed by atoms with Gasteiger partial charge in [0.15, 0.2) is 0 Å². The van der Waals surface area contributed by atoms with Crippen molar-refractivity contribution >= 4 is 29.3 Å². The van der Waals surface area contributed by atoms with Crippen LogP contribution in [0, 0.1) is 17.2 Å². The molecule has 2 atom stereocenters. The molecule has 1 aromatic heterocycles. The molecular formula is C24H26ClN5O3. The number of nitriles is 1. The van der Waals surface area contributed by atoms with E-state index in [0.717, 1.165) is 37.2 Å². The Labute approximate surface area is 198 Å². The number of carbonyl (C=O) groups is 2. The SMILES string of the molecule is CN(C(=O)O)[C@@H]1CN(C(=O)C2CCN(c3ccc(C#N)nc3)CC2)C[C@H]1c1ccc(Cl)cc1. The first kappa shape index (κ1) is 22.9. The Hall–Kier alpha value is -3.31. The van der Waals surface area contributed by atoms with Crippen LogP contribution in [0.4, 0.5) is 10.5 Å². The first-order valence-corrected chi connectivity index (χ1v) is 11.4. The number of carboxylic acid groups (broad SMARTS) is 1. The molecule has 0 saturated carbocycles. The molecule has 0 aliphatic carbocycles. The van der Waals surface area contributed by atoms with Crippen LogP contribution in [-0.2, 0) is 4.79 Å². The molecule has 3 heterocycles. The molecule has 33 heavy (non-hydrogen) atoms. The predicted molar refractivity (Wildman–Crippen MR) is 124 cm³/mol. The van der Waals surface area contributed by atoms with Crippen LogP contribution in [0.15, 0.2) is 42.6 Å². The topological polar surface area (TPSA) is 101 Å². The zero-order chi connectivity index (χ0) is 23.5. The molecular weight excluding hydrogens is 442 g/mol. The zero-order valence-corrected chi connectivity index (χ0v) is 19.1. The maximum absolute atomic E-state index is 13.4. The van der Waals surface area contributed by atoms with Crippen molar-refractivity contribution in [2.45, 2.75) is 24.8 Å². The van der Waals surface area contributed by atoms with E-state index in [-0.39, 0.29) is 23.8 Å². The van der Waals surface area contributed by atoms with Crippen molar-refractivity contribution in [3.05, 3.63) is 58.9 Å². The van der Waals surface area contributed by atoms with Crippen molar-refractivity contribution in [3.63, 3.8) is 0 Å². The highest BCUT2D eigenvalue weighted by Crippen LogP contribution is 2.34. The summed E-state index contributed by atoms with van der Waals surface area (Å²) in [4.78, 5) is 34.5. The number of rotatable bonds is 4. The zero-order valence-electron chi connectivity index (χ0n) is 18.4. The minimum atomic E-state index is -1.00. The molecule has 1 aromatic carbocycles. The Morgan fingerprint density at radius 3 is 2.42 bits per heavy atom. The molecule has 2 saturated heterocycles. The third-order valence-corrected chi connectivity index (χ3v) is 7.02. The number of likely N-dealkylation sites (N-methyl/N-ethyl adjacent to an activating group) is 1. The summed E-state index contributed by atoms with van der Waals surface area (Å²) in [5.74, 6) is -0.0997. The standard InChI is InChI=1S/C24H26ClN5O3/c1-28(24(32)33)22-15-30(14-21(22)16-2-4-18(25)5-3-16)23(31)17-8-10-29(11-9-17)20-7-6-19(12-26)27-13-20/h2-7,13,17,21-22H,8-11,14-15H2,1H3,(H,32,33)/t21-,22+/m0/s1. The van der Waals surface area contributed by atoms with E-state index >= 15 is 0 Å². The molecule has 1 N–H and O–H groups in total.